The Morgan fingerprint density at radius 1 is 0.349 bits per heavy atom. The van der Waals surface area contributed by atoms with Gasteiger partial charge in [0.05, 0.1) is 11.2 Å². The fourth-order valence-corrected chi connectivity index (χ4v) is 6.96. The van der Waals surface area contributed by atoms with E-state index in [-0.39, 0.29) is 0 Å². The van der Waals surface area contributed by atoms with Gasteiger partial charge in [0.25, 0.3) is 0 Å². The van der Waals surface area contributed by atoms with Crippen molar-refractivity contribution in [2.24, 2.45) is 0 Å². The molecule has 1 heteroatoms. The van der Waals surface area contributed by atoms with Crippen molar-refractivity contribution in [3.63, 3.8) is 0 Å². The van der Waals surface area contributed by atoms with Crippen LogP contribution in [0.2, 0.25) is 0 Å². The van der Waals surface area contributed by atoms with Crippen molar-refractivity contribution in [1.82, 2.24) is 4.57 Å². The van der Waals surface area contributed by atoms with E-state index in [0.29, 0.717) is 0 Å². The van der Waals surface area contributed by atoms with Gasteiger partial charge in [-0.05, 0) is 84.9 Å². The monoisotopic (exact) mass is 545 g/mol. The Bertz CT molecular complexity index is 2400. The molecule has 9 aromatic rings. The minimum atomic E-state index is 1.16. The van der Waals surface area contributed by atoms with Crippen LogP contribution < -0.4 is 0 Å². The summed E-state index contributed by atoms with van der Waals surface area (Å²) in [4.78, 5) is 0. The van der Waals surface area contributed by atoms with Crippen molar-refractivity contribution < 1.29 is 0 Å². The molecule has 0 saturated carbocycles. The maximum Gasteiger partial charge on any atom is 0.0547 e. The fraction of sp³-hybridized carbons (Fsp3) is 0. The topological polar surface area (TPSA) is 4.93 Å². The molecule has 9 rings (SSSR count). The number of benzene rings is 8. The van der Waals surface area contributed by atoms with Crippen LogP contribution >= 0.6 is 0 Å². The van der Waals surface area contributed by atoms with Crippen LogP contribution in [0, 0.1) is 0 Å². The van der Waals surface area contributed by atoms with Crippen molar-refractivity contribution in [2.75, 3.05) is 0 Å². The van der Waals surface area contributed by atoms with Crippen LogP contribution in [0.3, 0.4) is 0 Å². The molecular formula is C42H27N. The first kappa shape index (κ1) is 24.0. The van der Waals surface area contributed by atoms with Crippen molar-refractivity contribution in [3.05, 3.63) is 164 Å². The Balaban J connectivity index is 1.39. The first-order chi connectivity index (χ1) is 21.3. The van der Waals surface area contributed by atoms with Crippen molar-refractivity contribution in [2.45, 2.75) is 0 Å². The predicted octanol–water partition coefficient (Wildman–Crippen LogP) is 11.5. The van der Waals surface area contributed by atoms with Crippen LogP contribution in [0.25, 0.3) is 82.4 Å². The zero-order chi connectivity index (χ0) is 28.3. The molecule has 0 aliphatic heterocycles. The molecule has 0 radical (unpaired) electrons. The van der Waals surface area contributed by atoms with Crippen LogP contribution in [-0.4, -0.2) is 4.57 Å². The van der Waals surface area contributed by atoms with E-state index in [4.69, 9.17) is 0 Å². The summed E-state index contributed by atoms with van der Waals surface area (Å²) in [5.74, 6) is 0. The maximum absolute atomic E-state index is 2.42. The lowest BCUT2D eigenvalue weighted by molar-refractivity contribution is 1.14. The van der Waals surface area contributed by atoms with Gasteiger partial charge in [-0.3, -0.25) is 0 Å². The molecule has 1 heterocycles. The normalized spacial score (nSPS) is 11.7. The summed E-state index contributed by atoms with van der Waals surface area (Å²) in [7, 11) is 0. The van der Waals surface area contributed by atoms with E-state index in [1.807, 2.05) is 0 Å². The van der Waals surface area contributed by atoms with Crippen molar-refractivity contribution in [3.8, 4) is 39.2 Å². The second-order valence-electron chi connectivity index (χ2n) is 11.4. The number of para-hydroxylation sites is 2. The molecular weight excluding hydrogens is 518 g/mol. The number of nitrogens with zero attached hydrogens (tertiary/aromatic N) is 1. The Kier molecular flexibility index (Phi) is 5.27. The van der Waals surface area contributed by atoms with Gasteiger partial charge < -0.3 is 4.57 Å². The molecule has 0 spiro atoms. The number of hydrogen-bond donors (Lipinski definition) is 0. The molecule has 8 aromatic carbocycles. The second kappa shape index (κ2) is 9.44. The minimum absolute atomic E-state index is 1.16. The highest BCUT2D eigenvalue weighted by Gasteiger charge is 2.20. The summed E-state index contributed by atoms with van der Waals surface area (Å²) >= 11 is 0. The van der Waals surface area contributed by atoms with Crippen LogP contribution in [0.15, 0.2) is 164 Å². The van der Waals surface area contributed by atoms with E-state index in [0.717, 1.165) is 5.69 Å². The highest BCUT2D eigenvalue weighted by molar-refractivity contribution is 6.28. The summed E-state index contributed by atoms with van der Waals surface area (Å²) in [6, 6.07) is 59.8. The SMILES string of the molecule is c1ccc(-c2ccc(-c3cc(-c4cc5ccccc5n4-c4ccccc4)c4ccc5cccc6ccc3c4c65)cc2)cc1. The molecule has 0 bridgehead atoms. The lowest BCUT2D eigenvalue weighted by atomic mass is 9.86. The predicted molar refractivity (Wildman–Crippen MR) is 183 cm³/mol. The van der Waals surface area contributed by atoms with Crippen LogP contribution in [0.4, 0.5) is 0 Å². The molecule has 0 amide bonds. The summed E-state index contributed by atoms with van der Waals surface area (Å²) in [6.45, 7) is 0. The molecule has 0 fully saturated rings. The third kappa shape index (κ3) is 3.72. The first-order valence-corrected chi connectivity index (χ1v) is 14.9. The van der Waals surface area contributed by atoms with Gasteiger partial charge in [-0.2, -0.15) is 0 Å². The Labute approximate surface area is 250 Å². The maximum atomic E-state index is 2.42. The van der Waals surface area contributed by atoms with Gasteiger partial charge in [0.2, 0.25) is 0 Å². The van der Waals surface area contributed by atoms with Crippen LogP contribution in [0.5, 0.6) is 0 Å². The summed E-state index contributed by atoms with van der Waals surface area (Å²) in [6.07, 6.45) is 0. The lowest BCUT2D eigenvalue weighted by Gasteiger charge is -2.19. The van der Waals surface area contributed by atoms with Crippen LogP contribution in [0.1, 0.15) is 0 Å². The first-order valence-electron chi connectivity index (χ1n) is 14.9. The van der Waals surface area contributed by atoms with E-state index in [1.165, 1.54) is 76.7 Å². The Hall–Kier alpha value is -5.66. The second-order valence-corrected chi connectivity index (χ2v) is 11.4. The quantitative estimate of drug-likeness (QED) is 0.194. The molecule has 43 heavy (non-hydrogen) atoms. The van der Waals surface area contributed by atoms with E-state index in [9.17, 15) is 0 Å². The smallest absolute Gasteiger partial charge is 0.0547 e. The molecule has 0 aliphatic carbocycles. The molecule has 0 saturated heterocycles. The molecule has 1 nitrogen and oxygen atoms in total. The Morgan fingerprint density at radius 3 is 1.67 bits per heavy atom. The van der Waals surface area contributed by atoms with E-state index < -0.39 is 0 Å². The Morgan fingerprint density at radius 2 is 0.930 bits per heavy atom. The van der Waals surface area contributed by atoms with Gasteiger partial charge in [0, 0.05) is 16.6 Å². The molecule has 1 aromatic heterocycles. The number of rotatable bonds is 4. The molecule has 200 valence electrons. The third-order valence-corrected chi connectivity index (χ3v) is 8.95. The van der Waals surface area contributed by atoms with Gasteiger partial charge in [-0.15, -0.1) is 0 Å². The standard InChI is InChI=1S/C42H27N/c1-3-10-28(11-4-1)29-18-20-30(21-19-29)37-27-38(36-25-23-32-14-9-13-31-22-24-35(37)42(36)41(31)32)40-26-33-12-7-8-17-39(33)43(40)34-15-5-2-6-16-34/h1-27H. The minimum Gasteiger partial charge on any atom is -0.309 e. The molecule has 0 unspecified atom stereocenters. The highest BCUT2D eigenvalue weighted by atomic mass is 15.0. The van der Waals surface area contributed by atoms with Crippen molar-refractivity contribution >= 4 is 43.2 Å². The fourth-order valence-electron chi connectivity index (χ4n) is 6.96. The third-order valence-electron chi connectivity index (χ3n) is 8.95. The van der Waals surface area contributed by atoms with E-state index in [2.05, 4.69) is 168 Å². The summed E-state index contributed by atoms with van der Waals surface area (Å²) in [5.41, 5.74) is 9.76. The van der Waals surface area contributed by atoms with Gasteiger partial charge in [0.1, 0.15) is 0 Å². The number of hydrogen-bond acceptors (Lipinski definition) is 0. The van der Waals surface area contributed by atoms with E-state index in [1.54, 1.807) is 0 Å². The average Bonchev–Trinajstić information content (AvgIpc) is 3.47. The highest BCUT2D eigenvalue weighted by Crippen LogP contribution is 2.45. The summed E-state index contributed by atoms with van der Waals surface area (Å²) in [5, 5.41) is 9.04. The molecule has 0 atom stereocenters. The van der Waals surface area contributed by atoms with Crippen LogP contribution in [-0.2, 0) is 0 Å². The summed E-state index contributed by atoms with van der Waals surface area (Å²) < 4.78 is 2.42. The van der Waals surface area contributed by atoms with E-state index >= 15 is 0 Å². The van der Waals surface area contributed by atoms with Gasteiger partial charge in [-0.25, -0.2) is 0 Å². The van der Waals surface area contributed by atoms with Gasteiger partial charge in [0.15, 0.2) is 0 Å². The zero-order valence-electron chi connectivity index (χ0n) is 23.5. The average molecular weight is 546 g/mol. The zero-order valence-corrected chi connectivity index (χ0v) is 23.5. The van der Waals surface area contributed by atoms with Crippen molar-refractivity contribution in [1.29, 1.82) is 0 Å². The number of aromatic nitrogens is 1. The van der Waals surface area contributed by atoms with Gasteiger partial charge in [-0.1, -0.05) is 133 Å². The number of fused-ring (bicyclic) bond motifs is 1. The molecule has 0 N–H and O–H groups in total. The van der Waals surface area contributed by atoms with Gasteiger partial charge >= 0.3 is 0 Å². The largest absolute Gasteiger partial charge is 0.309 e. The molecule has 0 aliphatic rings. The lowest BCUT2D eigenvalue weighted by Crippen LogP contribution is -1.98.